The minimum atomic E-state index is 0.449. The molecule has 0 heteroatoms. The maximum absolute atomic E-state index is 3.17. The van der Waals surface area contributed by atoms with E-state index in [4.69, 9.17) is 0 Å². The van der Waals surface area contributed by atoms with Crippen molar-refractivity contribution in [3.8, 4) is 11.8 Å². The lowest BCUT2D eigenvalue weighted by atomic mass is 10.1. The SMILES string of the molecule is CC.CCc1cccc(C#CC(C)C)c1. The highest BCUT2D eigenvalue weighted by Crippen LogP contribution is 2.04. The van der Waals surface area contributed by atoms with Crippen LogP contribution in [0.15, 0.2) is 24.3 Å². The molecule has 0 N–H and O–H groups in total. The number of aryl methyl sites for hydroxylation is 1. The highest BCUT2D eigenvalue weighted by molar-refractivity contribution is 5.37. The highest BCUT2D eigenvalue weighted by atomic mass is 13.9. The van der Waals surface area contributed by atoms with Crippen LogP contribution in [0.5, 0.6) is 0 Å². The molecule has 82 valence electrons. The first kappa shape index (κ1) is 13.8. The highest BCUT2D eigenvalue weighted by Gasteiger charge is 1.90. The van der Waals surface area contributed by atoms with Crippen molar-refractivity contribution >= 4 is 0 Å². The van der Waals surface area contributed by atoms with Crippen LogP contribution in [-0.4, -0.2) is 0 Å². The molecule has 0 fully saturated rings. The van der Waals surface area contributed by atoms with Gasteiger partial charge in [0.2, 0.25) is 0 Å². The number of hydrogen-bond donors (Lipinski definition) is 0. The van der Waals surface area contributed by atoms with Crippen LogP contribution in [0.2, 0.25) is 0 Å². The van der Waals surface area contributed by atoms with Gasteiger partial charge in [-0.3, -0.25) is 0 Å². The molecule has 15 heavy (non-hydrogen) atoms. The quantitative estimate of drug-likeness (QED) is 0.596. The zero-order chi connectivity index (χ0) is 11.7. The summed E-state index contributed by atoms with van der Waals surface area (Å²) in [4.78, 5) is 0. The van der Waals surface area contributed by atoms with Crippen LogP contribution in [0, 0.1) is 17.8 Å². The summed E-state index contributed by atoms with van der Waals surface area (Å²) < 4.78 is 0. The molecule has 0 unspecified atom stereocenters. The van der Waals surface area contributed by atoms with Gasteiger partial charge in [-0.1, -0.05) is 58.6 Å². The standard InChI is InChI=1S/C13H16.C2H6/c1-4-12-6-5-7-13(10-12)9-8-11(2)3;1-2/h5-7,10-11H,4H2,1-3H3;1-2H3. The molecule has 0 bridgehead atoms. The Labute approximate surface area is 94.7 Å². The van der Waals surface area contributed by atoms with Crippen LogP contribution in [0.4, 0.5) is 0 Å². The maximum atomic E-state index is 3.17. The third kappa shape index (κ3) is 5.96. The summed E-state index contributed by atoms with van der Waals surface area (Å²) in [7, 11) is 0. The predicted molar refractivity (Wildman–Crippen MR) is 68.9 cm³/mol. The first-order valence-electron chi connectivity index (χ1n) is 5.83. The molecule has 1 aromatic carbocycles. The average Bonchev–Trinajstić information content (AvgIpc) is 2.29. The van der Waals surface area contributed by atoms with E-state index in [1.165, 1.54) is 5.56 Å². The van der Waals surface area contributed by atoms with E-state index in [1.807, 2.05) is 13.8 Å². The van der Waals surface area contributed by atoms with E-state index in [0.29, 0.717) is 5.92 Å². The Morgan fingerprint density at radius 3 is 2.40 bits per heavy atom. The fraction of sp³-hybridized carbons (Fsp3) is 0.467. The van der Waals surface area contributed by atoms with Crippen LogP contribution >= 0.6 is 0 Å². The molecule has 0 nitrogen and oxygen atoms in total. The Bertz CT molecular complexity index is 323. The van der Waals surface area contributed by atoms with Crippen LogP contribution < -0.4 is 0 Å². The van der Waals surface area contributed by atoms with E-state index >= 15 is 0 Å². The molecule has 0 spiro atoms. The number of benzene rings is 1. The van der Waals surface area contributed by atoms with Crippen molar-refractivity contribution in [3.63, 3.8) is 0 Å². The molecule has 0 aliphatic heterocycles. The van der Waals surface area contributed by atoms with Crippen LogP contribution in [0.25, 0.3) is 0 Å². The van der Waals surface area contributed by atoms with E-state index in [0.717, 1.165) is 12.0 Å². The number of rotatable bonds is 1. The van der Waals surface area contributed by atoms with Gasteiger partial charge in [0.05, 0.1) is 0 Å². The molecule has 0 aliphatic rings. The molecule has 1 rings (SSSR count). The Morgan fingerprint density at radius 2 is 1.87 bits per heavy atom. The van der Waals surface area contributed by atoms with Gasteiger partial charge in [-0.25, -0.2) is 0 Å². The molecule has 0 radical (unpaired) electrons. The van der Waals surface area contributed by atoms with Crippen LogP contribution in [0.1, 0.15) is 45.7 Å². The lowest BCUT2D eigenvalue weighted by Gasteiger charge is -1.96. The van der Waals surface area contributed by atoms with Crippen molar-refractivity contribution < 1.29 is 0 Å². The first-order chi connectivity index (χ1) is 7.22. The van der Waals surface area contributed by atoms with Gasteiger partial charge in [0.25, 0.3) is 0 Å². The number of hydrogen-bond acceptors (Lipinski definition) is 0. The molecular weight excluding hydrogens is 180 g/mol. The normalized spacial score (nSPS) is 8.67. The van der Waals surface area contributed by atoms with Crippen molar-refractivity contribution in [2.75, 3.05) is 0 Å². The molecule has 0 saturated heterocycles. The van der Waals surface area contributed by atoms with Crippen molar-refractivity contribution in [3.05, 3.63) is 35.4 Å². The molecule has 1 aromatic rings. The van der Waals surface area contributed by atoms with E-state index < -0.39 is 0 Å². The molecular formula is C15H22. The van der Waals surface area contributed by atoms with E-state index in [2.05, 4.69) is 56.9 Å². The fourth-order valence-electron chi connectivity index (χ4n) is 1.10. The Balaban J connectivity index is 0.000000921. The minimum Gasteiger partial charge on any atom is -0.0951 e. The second kappa shape index (κ2) is 8.12. The molecule has 0 atom stereocenters. The Kier molecular flexibility index (Phi) is 7.46. The summed E-state index contributed by atoms with van der Waals surface area (Å²) in [6.07, 6.45) is 1.08. The van der Waals surface area contributed by atoms with Crippen molar-refractivity contribution in [2.24, 2.45) is 5.92 Å². The maximum Gasteiger partial charge on any atom is 0.0248 e. The van der Waals surface area contributed by atoms with Gasteiger partial charge in [-0.2, -0.15) is 0 Å². The van der Waals surface area contributed by atoms with Gasteiger partial charge in [-0.15, -0.1) is 0 Å². The topological polar surface area (TPSA) is 0 Å². The summed E-state index contributed by atoms with van der Waals surface area (Å²) in [6, 6.07) is 8.44. The summed E-state index contributed by atoms with van der Waals surface area (Å²) in [5.41, 5.74) is 2.49. The zero-order valence-corrected chi connectivity index (χ0v) is 10.6. The van der Waals surface area contributed by atoms with Crippen molar-refractivity contribution in [2.45, 2.75) is 41.0 Å². The monoisotopic (exact) mass is 202 g/mol. The van der Waals surface area contributed by atoms with Gasteiger partial charge in [0, 0.05) is 11.5 Å². The van der Waals surface area contributed by atoms with Gasteiger partial charge >= 0.3 is 0 Å². The molecule has 0 aliphatic carbocycles. The fourth-order valence-corrected chi connectivity index (χ4v) is 1.10. The summed E-state index contributed by atoms with van der Waals surface area (Å²) in [6.45, 7) is 10.4. The van der Waals surface area contributed by atoms with E-state index in [-0.39, 0.29) is 0 Å². The van der Waals surface area contributed by atoms with E-state index in [1.54, 1.807) is 0 Å². The van der Waals surface area contributed by atoms with Gasteiger partial charge in [0.15, 0.2) is 0 Å². The van der Waals surface area contributed by atoms with Crippen molar-refractivity contribution in [1.82, 2.24) is 0 Å². The van der Waals surface area contributed by atoms with Gasteiger partial charge in [0.1, 0.15) is 0 Å². The Hall–Kier alpha value is -1.22. The van der Waals surface area contributed by atoms with Crippen LogP contribution in [0.3, 0.4) is 0 Å². The van der Waals surface area contributed by atoms with E-state index in [9.17, 15) is 0 Å². The molecule has 0 heterocycles. The smallest absolute Gasteiger partial charge is 0.0248 e. The van der Waals surface area contributed by atoms with Crippen molar-refractivity contribution in [1.29, 1.82) is 0 Å². The molecule has 0 saturated carbocycles. The third-order valence-electron chi connectivity index (χ3n) is 1.84. The molecule has 0 aromatic heterocycles. The zero-order valence-electron chi connectivity index (χ0n) is 10.6. The third-order valence-corrected chi connectivity index (χ3v) is 1.84. The predicted octanol–water partition coefficient (Wildman–Crippen LogP) is 4.28. The summed E-state index contributed by atoms with van der Waals surface area (Å²) in [5, 5.41) is 0. The van der Waals surface area contributed by atoms with Crippen LogP contribution in [-0.2, 0) is 6.42 Å². The average molecular weight is 202 g/mol. The minimum absolute atomic E-state index is 0.449. The summed E-state index contributed by atoms with van der Waals surface area (Å²) in [5.74, 6) is 6.78. The van der Waals surface area contributed by atoms with Gasteiger partial charge in [-0.05, 0) is 24.1 Å². The molecule has 0 amide bonds. The summed E-state index contributed by atoms with van der Waals surface area (Å²) >= 11 is 0. The van der Waals surface area contributed by atoms with Gasteiger partial charge < -0.3 is 0 Å². The largest absolute Gasteiger partial charge is 0.0951 e. The second-order valence-electron chi connectivity index (χ2n) is 3.48. The first-order valence-corrected chi connectivity index (χ1v) is 5.83. The lowest BCUT2D eigenvalue weighted by Crippen LogP contribution is -1.83. The second-order valence-corrected chi connectivity index (χ2v) is 3.48. The Morgan fingerprint density at radius 1 is 1.20 bits per heavy atom. The lowest BCUT2D eigenvalue weighted by molar-refractivity contribution is 0.866.